The topological polar surface area (TPSA) is 64.3 Å². The third-order valence-electron chi connectivity index (χ3n) is 8.39. The fourth-order valence-electron chi connectivity index (χ4n) is 6.08. The van der Waals surface area contributed by atoms with Gasteiger partial charge in [-0.05, 0) is 66.1 Å². The van der Waals surface area contributed by atoms with Crippen molar-refractivity contribution < 1.29 is 14.6 Å². The van der Waals surface area contributed by atoms with Gasteiger partial charge >= 0.3 is 5.97 Å². The minimum Gasteiger partial charge on any atom is -0.487 e. The second-order valence-corrected chi connectivity index (χ2v) is 14.4. The average Bonchev–Trinajstić information content (AvgIpc) is 3.29. The number of rotatable bonds is 11. The molecule has 0 aliphatic carbocycles. The van der Waals surface area contributed by atoms with Gasteiger partial charge in [0.05, 0.1) is 11.2 Å². The lowest BCUT2D eigenvalue weighted by Crippen LogP contribution is -2.20. The summed E-state index contributed by atoms with van der Waals surface area (Å²) in [7, 11) is 0. The van der Waals surface area contributed by atoms with Crippen LogP contribution in [0, 0.1) is 5.41 Å². The van der Waals surface area contributed by atoms with E-state index in [0.29, 0.717) is 24.8 Å². The third kappa shape index (κ3) is 6.67. The van der Waals surface area contributed by atoms with Gasteiger partial charge in [0, 0.05) is 56.5 Å². The van der Waals surface area contributed by atoms with Crippen LogP contribution in [0.3, 0.4) is 0 Å². The van der Waals surface area contributed by atoms with Gasteiger partial charge in [0.1, 0.15) is 12.4 Å². The molecule has 0 bridgehead atoms. The number of nitrogens with zero attached hydrogens (tertiary/aromatic N) is 2. The fraction of sp³-hybridized carbons (Fsp3) is 0.297. The van der Waals surface area contributed by atoms with Crippen LogP contribution in [-0.2, 0) is 30.8 Å². The van der Waals surface area contributed by atoms with Crippen molar-refractivity contribution in [1.29, 1.82) is 0 Å². The normalized spacial score (nSPS) is 14.6. The number of hydrogen-bond donors (Lipinski definition) is 1. The lowest BCUT2D eigenvalue weighted by Gasteiger charge is -2.27. The minimum atomic E-state index is -0.752. The van der Waals surface area contributed by atoms with Gasteiger partial charge in [-0.2, -0.15) is 0 Å². The molecule has 1 atom stereocenters. The first-order valence-corrected chi connectivity index (χ1v) is 16.4. The monoisotopic (exact) mass is 624 g/mol. The van der Waals surface area contributed by atoms with E-state index in [4.69, 9.17) is 21.3 Å². The molecular formula is C37H37ClN2O3S. The van der Waals surface area contributed by atoms with Crippen molar-refractivity contribution in [3.63, 3.8) is 0 Å². The molecule has 3 aromatic carbocycles. The third-order valence-corrected chi connectivity index (χ3v) is 9.88. The number of benzene rings is 3. The second kappa shape index (κ2) is 12.7. The highest BCUT2D eigenvalue weighted by Crippen LogP contribution is 2.48. The number of aliphatic carboxylic acids is 1. The Kier molecular flexibility index (Phi) is 8.75. The lowest BCUT2D eigenvalue weighted by molar-refractivity contribution is -0.137. The highest BCUT2D eigenvalue weighted by molar-refractivity contribution is 8.00. The zero-order valence-corrected chi connectivity index (χ0v) is 26.9. The summed E-state index contributed by atoms with van der Waals surface area (Å²) in [5.74, 6) is 0.151. The highest BCUT2D eigenvalue weighted by Gasteiger charge is 2.32. The zero-order valence-electron chi connectivity index (χ0n) is 25.3. The Hall–Kier alpha value is -3.74. The molecular weight excluding hydrogens is 588 g/mol. The smallest absolute Gasteiger partial charge is 0.303 e. The van der Waals surface area contributed by atoms with Gasteiger partial charge in [-0.15, -0.1) is 11.8 Å². The van der Waals surface area contributed by atoms with E-state index in [1.54, 1.807) is 0 Å². The van der Waals surface area contributed by atoms with Crippen molar-refractivity contribution >= 4 is 40.2 Å². The molecule has 1 aliphatic heterocycles. The number of ether oxygens (including phenoxy) is 1. The predicted octanol–water partition coefficient (Wildman–Crippen LogP) is 9.45. The molecule has 6 rings (SSSR count). The molecule has 7 heteroatoms. The van der Waals surface area contributed by atoms with Gasteiger partial charge in [-0.1, -0.05) is 80.9 Å². The SMILES string of the molecule is CC1Cc2c(OCc3ccc(-c4ccccc4)cn3)ccc3c2c(c(CC(C)(C)CCC(=O)O)n3Cc2ccc(Cl)cc2)S1. The first kappa shape index (κ1) is 30.3. The second-order valence-electron chi connectivity index (χ2n) is 12.5. The van der Waals surface area contributed by atoms with Crippen LogP contribution in [-0.4, -0.2) is 25.9 Å². The standard InChI is InChI=1S/C37H37ClN2O3S/c1-24-19-30-33(43-23-29-14-11-27(21-39-29)26-7-5-4-6-8-26)16-15-31-35(30)36(44-24)32(20-37(2,3)18-17-34(41)42)40(31)22-25-9-12-28(38)13-10-25/h4-16,21,24H,17-20,22-23H2,1-3H3,(H,41,42). The Labute approximate surface area is 268 Å². The summed E-state index contributed by atoms with van der Waals surface area (Å²) in [5.41, 5.74) is 7.80. The molecule has 1 aliphatic rings. The molecule has 5 aromatic rings. The number of aromatic nitrogens is 2. The van der Waals surface area contributed by atoms with E-state index in [1.807, 2.05) is 54.4 Å². The largest absolute Gasteiger partial charge is 0.487 e. The van der Waals surface area contributed by atoms with Gasteiger partial charge in [0.2, 0.25) is 0 Å². The van der Waals surface area contributed by atoms with Gasteiger partial charge in [-0.3, -0.25) is 9.78 Å². The van der Waals surface area contributed by atoms with E-state index in [2.05, 4.69) is 67.8 Å². The molecule has 1 unspecified atom stereocenters. The molecule has 3 heterocycles. The number of carboxylic acids is 1. The molecule has 44 heavy (non-hydrogen) atoms. The summed E-state index contributed by atoms with van der Waals surface area (Å²) < 4.78 is 8.92. The first-order chi connectivity index (χ1) is 21.2. The van der Waals surface area contributed by atoms with Crippen molar-refractivity contribution in [2.75, 3.05) is 0 Å². The molecule has 0 radical (unpaired) electrons. The minimum absolute atomic E-state index is 0.160. The molecule has 0 amide bonds. The first-order valence-electron chi connectivity index (χ1n) is 15.1. The Morgan fingerprint density at radius 2 is 1.82 bits per heavy atom. The molecule has 0 fully saturated rings. The van der Waals surface area contributed by atoms with Crippen molar-refractivity contribution in [3.05, 3.63) is 113 Å². The average molecular weight is 625 g/mol. The van der Waals surface area contributed by atoms with Crippen molar-refractivity contribution in [2.45, 2.75) is 69.8 Å². The van der Waals surface area contributed by atoms with Crippen LogP contribution in [0.5, 0.6) is 5.75 Å². The highest BCUT2D eigenvalue weighted by atomic mass is 35.5. The van der Waals surface area contributed by atoms with E-state index in [9.17, 15) is 9.90 Å². The maximum Gasteiger partial charge on any atom is 0.303 e. The Morgan fingerprint density at radius 1 is 1.05 bits per heavy atom. The summed E-state index contributed by atoms with van der Waals surface area (Å²) in [6.07, 6.45) is 4.38. The van der Waals surface area contributed by atoms with Crippen LogP contribution in [0.25, 0.3) is 22.0 Å². The number of pyridine rings is 1. The number of halogens is 1. The zero-order chi connectivity index (χ0) is 30.8. The van der Waals surface area contributed by atoms with Gasteiger partial charge < -0.3 is 14.4 Å². The van der Waals surface area contributed by atoms with Crippen molar-refractivity contribution in [1.82, 2.24) is 9.55 Å². The molecule has 0 spiro atoms. The summed E-state index contributed by atoms with van der Waals surface area (Å²) >= 11 is 8.14. The maximum absolute atomic E-state index is 11.4. The van der Waals surface area contributed by atoms with Crippen LogP contribution in [0.4, 0.5) is 0 Å². The van der Waals surface area contributed by atoms with Gasteiger partial charge in [-0.25, -0.2) is 0 Å². The quantitative estimate of drug-likeness (QED) is 0.159. The Morgan fingerprint density at radius 3 is 2.52 bits per heavy atom. The van der Waals surface area contributed by atoms with Crippen LogP contribution in [0.1, 0.15) is 56.1 Å². The van der Waals surface area contributed by atoms with Crippen LogP contribution >= 0.6 is 23.4 Å². The molecule has 226 valence electrons. The van der Waals surface area contributed by atoms with Crippen LogP contribution in [0.2, 0.25) is 5.02 Å². The van der Waals surface area contributed by atoms with Gasteiger partial charge in [0.15, 0.2) is 0 Å². The van der Waals surface area contributed by atoms with Crippen LogP contribution in [0.15, 0.2) is 90.0 Å². The summed E-state index contributed by atoms with van der Waals surface area (Å²) in [6.45, 7) is 7.73. The number of carbonyl (C=O) groups is 1. The van der Waals surface area contributed by atoms with E-state index in [-0.39, 0.29) is 11.8 Å². The Balaban J connectivity index is 1.36. The lowest BCUT2D eigenvalue weighted by atomic mass is 9.83. The predicted molar refractivity (Wildman–Crippen MR) is 180 cm³/mol. The number of thioether (sulfide) groups is 1. The molecule has 0 saturated carbocycles. The number of hydrogen-bond acceptors (Lipinski definition) is 4. The summed E-state index contributed by atoms with van der Waals surface area (Å²) in [5, 5.41) is 11.8. The van der Waals surface area contributed by atoms with Gasteiger partial charge in [0.25, 0.3) is 0 Å². The van der Waals surface area contributed by atoms with Crippen LogP contribution < -0.4 is 4.74 Å². The van der Waals surface area contributed by atoms with E-state index in [1.165, 1.54) is 32.6 Å². The molecule has 2 aromatic heterocycles. The summed E-state index contributed by atoms with van der Waals surface area (Å²) in [4.78, 5) is 17.4. The van der Waals surface area contributed by atoms with Crippen molar-refractivity contribution in [3.8, 4) is 16.9 Å². The Bertz CT molecular complexity index is 1780. The summed E-state index contributed by atoms with van der Waals surface area (Å²) in [6, 6.07) is 26.7. The number of carboxylic acid groups (broad SMARTS) is 1. The van der Waals surface area contributed by atoms with E-state index >= 15 is 0 Å². The molecule has 5 nitrogen and oxygen atoms in total. The molecule has 1 N–H and O–H groups in total. The van der Waals surface area contributed by atoms with E-state index < -0.39 is 5.97 Å². The molecule has 0 saturated heterocycles. The van der Waals surface area contributed by atoms with Crippen molar-refractivity contribution in [2.24, 2.45) is 5.41 Å². The fourth-order valence-corrected chi connectivity index (χ4v) is 7.52. The maximum atomic E-state index is 11.4. The van der Waals surface area contributed by atoms with E-state index in [0.717, 1.165) is 40.4 Å².